The van der Waals surface area contributed by atoms with Gasteiger partial charge >= 0.3 is 5.97 Å². The summed E-state index contributed by atoms with van der Waals surface area (Å²) in [5, 5.41) is 78.0. The number of nitrogens with two attached hydrogens (primary N) is 1. The van der Waals surface area contributed by atoms with Crippen LogP contribution < -0.4 is 45.6 Å². The Balaban J connectivity index is 0.000000172. The lowest BCUT2D eigenvalue weighted by molar-refractivity contribution is 0.0696. The maximum atomic E-state index is 12.7. The zero-order valence-electron chi connectivity index (χ0n) is 57.3. The predicted molar refractivity (Wildman–Crippen MR) is 388 cm³/mol. The van der Waals surface area contributed by atoms with Crippen LogP contribution in [0.25, 0.3) is 33.4 Å². The highest BCUT2D eigenvalue weighted by molar-refractivity contribution is 6.33. The van der Waals surface area contributed by atoms with Gasteiger partial charge in [0.1, 0.15) is 69.4 Å². The van der Waals surface area contributed by atoms with E-state index in [1.807, 2.05) is 27.9 Å². The number of carbonyl (C=O) groups is 3. The molecule has 0 aliphatic rings. The molecule has 6 aromatic heterocycles. The smallest absolute Gasteiger partial charge is 0.335 e. The minimum Gasteiger partial charge on any atom is -0.480 e. The maximum Gasteiger partial charge on any atom is 0.335 e. The van der Waals surface area contributed by atoms with Crippen molar-refractivity contribution in [1.82, 2.24) is 70.6 Å². The van der Waals surface area contributed by atoms with E-state index in [0.29, 0.717) is 91.4 Å². The standard InChI is InChI=1S/C25H21ClN6O3.C24H19ClN6O3.C18H10ClN3O3.C7H13N3O/c1-15-20(25(34-3)31-32(15)2)14-28-24(33)16-7-8-23(21(26)11-16)35-22-6-4-5-18(19(22)12-27)17-9-10-29-30-13-17;1-14-19(24(33)30-31(14)2)13-27-23(32)15-6-7-22(20(25)10-15)34-21-5-3-4-17(18(21)11-26)16-8-9-28-29-12-16;19-15-8-11(18(23)24)4-5-17(15)25-16-3-1-2-13(14(16)9-20)12-6-7-21-22-10-12;1-5-6(4-8)7(11-3)9-10(5)2/h4-11,13H,14H2,1-3H3,(H,28,33);3-10,12H,13H2,1-2H3,(H,27,32)(H,30,33);1-8,10H,(H,23,24);4,8H2,1-3H3. The zero-order chi connectivity index (χ0) is 75.4. The number of amides is 2. The summed E-state index contributed by atoms with van der Waals surface area (Å²) in [5.74, 6) is 1.12. The van der Waals surface area contributed by atoms with Crippen LogP contribution in [0.2, 0.25) is 15.1 Å². The number of methoxy groups -OCH3 is 2. The number of nitrogens with one attached hydrogen (secondary N) is 3. The Labute approximate surface area is 615 Å². The lowest BCUT2D eigenvalue weighted by Gasteiger charge is -2.13. The highest BCUT2D eigenvalue weighted by Crippen LogP contribution is 2.39. The number of aromatic amines is 1. The number of nitrogens with zero attached hydrogens (tertiary/aromatic N) is 14. The molecule has 2 amide bonds. The van der Waals surface area contributed by atoms with E-state index in [1.54, 1.807) is 163 Å². The van der Waals surface area contributed by atoms with E-state index in [0.717, 1.165) is 44.9 Å². The van der Waals surface area contributed by atoms with Gasteiger partial charge in [0, 0.05) is 89.3 Å². The third-order valence-electron chi connectivity index (χ3n) is 16.1. The summed E-state index contributed by atoms with van der Waals surface area (Å²) in [5.41, 5.74) is 16.0. The average Bonchev–Trinajstić information content (AvgIpc) is 1.80. The number of rotatable bonds is 19. The van der Waals surface area contributed by atoms with Crippen molar-refractivity contribution >= 4 is 52.6 Å². The number of aromatic carboxylic acids is 1. The average molecular weight is 1470 g/mol. The summed E-state index contributed by atoms with van der Waals surface area (Å²) in [7, 11) is 8.54. The minimum absolute atomic E-state index is 0.0504. The molecule has 0 bridgehead atoms. The number of halogens is 3. The first kappa shape index (κ1) is 75.9. The summed E-state index contributed by atoms with van der Waals surface area (Å²) in [6, 6.07) is 40.8. The molecule has 530 valence electrons. The molecule has 0 saturated heterocycles. The molecule has 31 heteroatoms. The van der Waals surface area contributed by atoms with Crippen molar-refractivity contribution in [3.8, 4) is 97.8 Å². The van der Waals surface area contributed by atoms with Crippen LogP contribution >= 0.6 is 34.8 Å². The van der Waals surface area contributed by atoms with Crippen LogP contribution in [0.15, 0.2) is 169 Å². The SMILES string of the molecule is COc1nn(C)c(C)c1CN.COc1nn(C)c(C)c1CNC(=O)c1ccc(Oc2cccc(-c3ccnnc3)c2C#N)c(Cl)c1.Cc1c(CNC(=O)c2ccc(Oc3cccc(-c4ccnnc4)c3C#N)c(Cl)c2)c(=O)[nH]n1C.N#Cc1c(Oc2ccc(C(=O)O)cc2Cl)cccc1-c1ccnnc1. The number of ether oxygens (including phenoxy) is 5. The number of benzene rings is 6. The number of aryl methyl sites for hydroxylation is 3. The van der Waals surface area contributed by atoms with Crippen LogP contribution in [0.5, 0.6) is 46.3 Å². The highest BCUT2D eigenvalue weighted by atomic mass is 35.5. The van der Waals surface area contributed by atoms with E-state index in [-0.39, 0.29) is 62.6 Å². The molecule has 0 radical (unpaired) electrons. The Bertz CT molecular complexity index is 5360. The van der Waals surface area contributed by atoms with Crippen molar-refractivity contribution in [2.24, 2.45) is 26.9 Å². The van der Waals surface area contributed by atoms with Crippen LogP contribution in [-0.2, 0) is 40.8 Å². The highest BCUT2D eigenvalue weighted by Gasteiger charge is 2.22. The summed E-state index contributed by atoms with van der Waals surface area (Å²) >= 11 is 18.9. The van der Waals surface area contributed by atoms with Crippen LogP contribution in [0.4, 0.5) is 0 Å². The van der Waals surface area contributed by atoms with E-state index < -0.39 is 5.97 Å². The third-order valence-corrected chi connectivity index (χ3v) is 17.0. The number of nitriles is 3. The number of carboxylic acid groups (broad SMARTS) is 1. The van der Waals surface area contributed by atoms with Crippen molar-refractivity contribution in [2.45, 2.75) is 40.4 Å². The fraction of sp³-hybridized carbons (Fsp3) is 0.149. The summed E-state index contributed by atoms with van der Waals surface area (Å²) < 4.78 is 33.0. The Hall–Kier alpha value is -13.3. The van der Waals surface area contributed by atoms with Gasteiger partial charge in [-0.3, -0.25) is 33.5 Å². The fourth-order valence-electron chi connectivity index (χ4n) is 10.2. The molecule has 6 N–H and O–H groups in total. The molecule has 12 rings (SSSR count). The number of hydrogen-bond donors (Lipinski definition) is 5. The van der Waals surface area contributed by atoms with E-state index >= 15 is 0 Å². The monoisotopic (exact) mass is 1470 g/mol. The van der Waals surface area contributed by atoms with Crippen LogP contribution in [-0.4, -0.2) is 97.0 Å². The second kappa shape index (κ2) is 35.3. The van der Waals surface area contributed by atoms with Gasteiger partial charge in [-0.05, 0) is 112 Å². The number of hydrogen-bond acceptors (Lipinski definition) is 21. The molecule has 0 fully saturated rings. The number of H-pyrrole nitrogens is 1. The van der Waals surface area contributed by atoms with Gasteiger partial charge in [-0.25, -0.2) is 4.79 Å². The van der Waals surface area contributed by atoms with Crippen LogP contribution in [0.3, 0.4) is 0 Å². The summed E-state index contributed by atoms with van der Waals surface area (Å²) in [4.78, 5) is 48.2. The number of carbonyl (C=O) groups excluding carboxylic acids is 2. The molecule has 28 nitrogen and oxygen atoms in total. The molecular weight excluding hydrogens is 1410 g/mol. The molecule has 0 aliphatic carbocycles. The van der Waals surface area contributed by atoms with Gasteiger partial charge in [0.05, 0.1) is 102 Å². The van der Waals surface area contributed by atoms with Crippen molar-refractivity contribution in [3.05, 3.63) is 257 Å². The van der Waals surface area contributed by atoms with Gasteiger partial charge in [0.15, 0.2) is 0 Å². The van der Waals surface area contributed by atoms with Gasteiger partial charge in [0.2, 0.25) is 11.8 Å². The summed E-state index contributed by atoms with van der Waals surface area (Å²) in [6.07, 6.45) is 9.31. The van der Waals surface area contributed by atoms with Gasteiger partial charge in [-0.1, -0.05) is 71.2 Å². The second-order valence-corrected chi connectivity index (χ2v) is 23.6. The fourth-order valence-corrected chi connectivity index (χ4v) is 10.9. The molecule has 0 unspecified atom stereocenters. The Kier molecular flexibility index (Phi) is 25.5. The van der Waals surface area contributed by atoms with Crippen molar-refractivity contribution in [3.63, 3.8) is 0 Å². The minimum atomic E-state index is -1.08. The van der Waals surface area contributed by atoms with E-state index in [9.17, 15) is 35.0 Å². The van der Waals surface area contributed by atoms with E-state index in [4.69, 9.17) is 69.3 Å². The first-order valence-electron chi connectivity index (χ1n) is 31.3. The van der Waals surface area contributed by atoms with Crippen molar-refractivity contribution < 1.29 is 43.2 Å². The summed E-state index contributed by atoms with van der Waals surface area (Å²) in [6.45, 7) is 6.47. The Morgan fingerprint density at radius 2 is 0.867 bits per heavy atom. The molecule has 6 heterocycles. The molecule has 105 heavy (non-hydrogen) atoms. The topological polar surface area (TPSA) is 390 Å². The lowest BCUT2D eigenvalue weighted by atomic mass is 10.0. The Morgan fingerprint density at radius 3 is 1.18 bits per heavy atom. The van der Waals surface area contributed by atoms with Gasteiger partial charge in [-0.2, -0.15) is 46.4 Å². The molecular formula is C74H63Cl3N18O10. The zero-order valence-corrected chi connectivity index (χ0v) is 59.6. The maximum absolute atomic E-state index is 12.7. The molecule has 0 aliphatic heterocycles. The van der Waals surface area contributed by atoms with Crippen LogP contribution in [0, 0.1) is 54.8 Å². The van der Waals surface area contributed by atoms with Gasteiger partial charge in [0.25, 0.3) is 17.4 Å². The van der Waals surface area contributed by atoms with Crippen molar-refractivity contribution in [2.75, 3.05) is 14.2 Å². The normalized spacial score (nSPS) is 10.4. The van der Waals surface area contributed by atoms with Crippen molar-refractivity contribution in [1.29, 1.82) is 15.8 Å². The lowest BCUT2D eigenvalue weighted by Crippen LogP contribution is -2.25. The largest absolute Gasteiger partial charge is 0.480 e. The van der Waals surface area contributed by atoms with E-state index in [1.165, 1.54) is 43.6 Å². The first-order chi connectivity index (χ1) is 50.6. The van der Waals surface area contributed by atoms with Crippen LogP contribution in [0.1, 0.15) is 81.5 Å². The molecule has 12 aromatic rings. The number of aromatic nitrogens is 12. The predicted octanol–water partition coefficient (Wildman–Crippen LogP) is 12.5. The Morgan fingerprint density at radius 1 is 0.505 bits per heavy atom. The quantitative estimate of drug-likeness (QED) is 0.0502. The van der Waals surface area contributed by atoms with Gasteiger partial charge < -0.3 is 45.2 Å². The molecule has 0 spiro atoms. The van der Waals surface area contributed by atoms with E-state index in [2.05, 4.69) is 74.7 Å². The molecule has 0 saturated carbocycles. The molecule has 0 atom stereocenters. The first-order valence-corrected chi connectivity index (χ1v) is 32.4. The molecule has 6 aromatic carbocycles. The third kappa shape index (κ3) is 18.3. The second-order valence-electron chi connectivity index (χ2n) is 22.3. The number of carboxylic acids is 1. The van der Waals surface area contributed by atoms with Gasteiger partial charge in [-0.15, -0.1) is 10.2 Å².